The van der Waals surface area contributed by atoms with Crippen LogP contribution in [0.5, 0.6) is 0 Å². The minimum Gasteiger partial charge on any atom is -0.396 e. The standard InChI is InChI=1S/C17H21N3O2/c21-12-4-7-16(14-5-2-1-3-6-14)19-13-17(22)20-15-8-10-18-11-9-15/h1-3,5-6,8-11,16,19,21H,4,7,12-13H2,(H,18,20,22). The Morgan fingerprint density at radius 2 is 1.86 bits per heavy atom. The average molecular weight is 299 g/mol. The van der Waals surface area contributed by atoms with Crippen molar-refractivity contribution in [3.8, 4) is 0 Å². The molecule has 1 atom stereocenters. The molecule has 0 radical (unpaired) electrons. The van der Waals surface area contributed by atoms with Crippen molar-refractivity contribution >= 4 is 11.6 Å². The van der Waals surface area contributed by atoms with Gasteiger partial charge in [-0.1, -0.05) is 30.3 Å². The molecule has 1 unspecified atom stereocenters. The van der Waals surface area contributed by atoms with Crippen molar-refractivity contribution < 1.29 is 9.90 Å². The molecule has 0 spiro atoms. The summed E-state index contributed by atoms with van der Waals surface area (Å²) in [6.45, 7) is 0.363. The van der Waals surface area contributed by atoms with Crippen molar-refractivity contribution in [3.05, 3.63) is 60.4 Å². The van der Waals surface area contributed by atoms with Crippen LogP contribution >= 0.6 is 0 Å². The van der Waals surface area contributed by atoms with Crippen LogP contribution in [0.3, 0.4) is 0 Å². The van der Waals surface area contributed by atoms with Crippen LogP contribution in [-0.2, 0) is 4.79 Å². The van der Waals surface area contributed by atoms with Crippen LogP contribution in [0, 0.1) is 0 Å². The van der Waals surface area contributed by atoms with Gasteiger partial charge in [-0.25, -0.2) is 0 Å². The molecule has 2 aromatic rings. The number of hydrogen-bond acceptors (Lipinski definition) is 4. The van der Waals surface area contributed by atoms with Crippen LogP contribution in [0.15, 0.2) is 54.9 Å². The topological polar surface area (TPSA) is 74.2 Å². The molecule has 0 fully saturated rings. The van der Waals surface area contributed by atoms with E-state index < -0.39 is 0 Å². The van der Waals surface area contributed by atoms with Crippen molar-refractivity contribution in [1.29, 1.82) is 0 Å². The number of aliphatic hydroxyl groups is 1. The van der Waals surface area contributed by atoms with E-state index in [1.165, 1.54) is 0 Å². The summed E-state index contributed by atoms with van der Waals surface area (Å²) in [4.78, 5) is 15.9. The number of nitrogens with zero attached hydrogens (tertiary/aromatic N) is 1. The van der Waals surface area contributed by atoms with Gasteiger partial charge in [-0.05, 0) is 30.5 Å². The third kappa shape index (κ3) is 5.27. The van der Waals surface area contributed by atoms with Gasteiger partial charge in [-0.3, -0.25) is 9.78 Å². The molecule has 3 N–H and O–H groups in total. The predicted octanol–water partition coefficient (Wildman–Crippen LogP) is 2.12. The average Bonchev–Trinajstić information content (AvgIpc) is 2.57. The van der Waals surface area contributed by atoms with Crippen LogP contribution in [0.4, 0.5) is 5.69 Å². The number of benzene rings is 1. The Labute approximate surface area is 130 Å². The second-order valence-corrected chi connectivity index (χ2v) is 4.99. The SMILES string of the molecule is O=C(CNC(CCCO)c1ccccc1)Nc1ccncc1. The number of hydrogen-bond donors (Lipinski definition) is 3. The Balaban J connectivity index is 1.89. The van der Waals surface area contributed by atoms with Crippen LogP contribution in [0.25, 0.3) is 0 Å². The van der Waals surface area contributed by atoms with Gasteiger partial charge >= 0.3 is 0 Å². The van der Waals surface area contributed by atoms with E-state index in [0.717, 1.165) is 17.7 Å². The zero-order chi connectivity index (χ0) is 15.6. The third-order valence-electron chi connectivity index (χ3n) is 3.33. The Morgan fingerprint density at radius 3 is 2.55 bits per heavy atom. The first-order valence-corrected chi connectivity index (χ1v) is 7.38. The van der Waals surface area contributed by atoms with Gasteiger partial charge in [0, 0.05) is 30.7 Å². The van der Waals surface area contributed by atoms with Gasteiger partial charge in [0.1, 0.15) is 0 Å². The molecule has 0 aliphatic heterocycles. The van der Waals surface area contributed by atoms with Gasteiger partial charge in [0.2, 0.25) is 5.91 Å². The van der Waals surface area contributed by atoms with E-state index in [4.69, 9.17) is 5.11 Å². The number of rotatable bonds is 8. The summed E-state index contributed by atoms with van der Waals surface area (Å²) in [6.07, 6.45) is 4.75. The largest absolute Gasteiger partial charge is 0.396 e. The van der Waals surface area contributed by atoms with Crippen molar-refractivity contribution in [3.63, 3.8) is 0 Å². The second-order valence-electron chi connectivity index (χ2n) is 4.99. The highest BCUT2D eigenvalue weighted by Gasteiger charge is 2.12. The summed E-state index contributed by atoms with van der Waals surface area (Å²) in [5.74, 6) is -0.101. The van der Waals surface area contributed by atoms with E-state index >= 15 is 0 Å². The van der Waals surface area contributed by atoms with Crippen molar-refractivity contribution in [2.45, 2.75) is 18.9 Å². The molecule has 22 heavy (non-hydrogen) atoms. The van der Waals surface area contributed by atoms with Crippen molar-refractivity contribution in [2.24, 2.45) is 0 Å². The molecule has 1 amide bonds. The van der Waals surface area contributed by atoms with E-state index in [1.54, 1.807) is 24.5 Å². The fourth-order valence-corrected chi connectivity index (χ4v) is 2.22. The molecular formula is C17H21N3O2. The summed E-state index contributed by atoms with van der Waals surface area (Å²) in [5.41, 5.74) is 1.85. The van der Waals surface area contributed by atoms with Crippen LogP contribution in [0.2, 0.25) is 0 Å². The molecule has 5 heteroatoms. The van der Waals surface area contributed by atoms with Crippen LogP contribution in [-0.4, -0.2) is 29.1 Å². The number of pyridine rings is 1. The van der Waals surface area contributed by atoms with E-state index in [1.807, 2.05) is 30.3 Å². The fraction of sp³-hybridized carbons (Fsp3) is 0.294. The lowest BCUT2D eigenvalue weighted by Gasteiger charge is -2.18. The number of aromatic nitrogens is 1. The maximum Gasteiger partial charge on any atom is 0.238 e. The minimum atomic E-state index is -0.101. The molecule has 1 aromatic heterocycles. The summed E-state index contributed by atoms with van der Waals surface area (Å²) in [7, 11) is 0. The summed E-state index contributed by atoms with van der Waals surface area (Å²) >= 11 is 0. The highest BCUT2D eigenvalue weighted by Crippen LogP contribution is 2.17. The number of anilines is 1. The lowest BCUT2D eigenvalue weighted by atomic mass is 10.0. The first-order valence-electron chi connectivity index (χ1n) is 7.38. The van der Waals surface area contributed by atoms with Gasteiger partial charge < -0.3 is 15.7 Å². The van der Waals surface area contributed by atoms with E-state index in [9.17, 15) is 4.79 Å². The smallest absolute Gasteiger partial charge is 0.238 e. The Kier molecular flexibility index (Phi) is 6.54. The molecule has 1 aromatic carbocycles. The molecule has 1 heterocycles. The molecule has 116 valence electrons. The lowest BCUT2D eigenvalue weighted by molar-refractivity contribution is -0.115. The van der Waals surface area contributed by atoms with E-state index in [-0.39, 0.29) is 25.1 Å². The maximum absolute atomic E-state index is 12.0. The summed E-state index contributed by atoms with van der Waals surface area (Å²) in [5, 5.41) is 15.1. The van der Waals surface area contributed by atoms with Gasteiger partial charge in [-0.2, -0.15) is 0 Å². The first-order chi connectivity index (χ1) is 10.8. The quantitative estimate of drug-likeness (QED) is 0.698. The van der Waals surface area contributed by atoms with Gasteiger partial charge in [0.15, 0.2) is 0 Å². The molecule has 0 bridgehead atoms. The fourth-order valence-electron chi connectivity index (χ4n) is 2.22. The number of aliphatic hydroxyl groups excluding tert-OH is 1. The summed E-state index contributed by atoms with van der Waals surface area (Å²) in [6, 6.07) is 13.5. The van der Waals surface area contributed by atoms with E-state index in [0.29, 0.717) is 6.42 Å². The lowest BCUT2D eigenvalue weighted by Crippen LogP contribution is -2.31. The van der Waals surface area contributed by atoms with Gasteiger partial charge in [0.25, 0.3) is 0 Å². The number of nitrogens with one attached hydrogen (secondary N) is 2. The first kappa shape index (κ1) is 16.1. The predicted molar refractivity (Wildman–Crippen MR) is 86.4 cm³/mol. The zero-order valence-electron chi connectivity index (χ0n) is 12.4. The Hall–Kier alpha value is -2.24. The van der Waals surface area contributed by atoms with Crippen molar-refractivity contribution in [2.75, 3.05) is 18.5 Å². The highest BCUT2D eigenvalue weighted by molar-refractivity contribution is 5.92. The monoisotopic (exact) mass is 299 g/mol. The number of carbonyl (C=O) groups excluding carboxylic acids is 1. The van der Waals surface area contributed by atoms with E-state index in [2.05, 4.69) is 15.6 Å². The Bertz CT molecular complexity index is 561. The molecule has 0 saturated heterocycles. The minimum absolute atomic E-state index is 0.0524. The highest BCUT2D eigenvalue weighted by atomic mass is 16.2. The second kappa shape index (κ2) is 8.92. The zero-order valence-corrected chi connectivity index (χ0v) is 12.4. The molecule has 2 rings (SSSR count). The molecule has 0 saturated carbocycles. The molecule has 5 nitrogen and oxygen atoms in total. The van der Waals surface area contributed by atoms with Gasteiger partial charge in [-0.15, -0.1) is 0 Å². The number of carbonyl (C=O) groups is 1. The van der Waals surface area contributed by atoms with Crippen molar-refractivity contribution in [1.82, 2.24) is 10.3 Å². The molecule has 0 aliphatic carbocycles. The van der Waals surface area contributed by atoms with Gasteiger partial charge in [0.05, 0.1) is 6.54 Å². The third-order valence-corrected chi connectivity index (χ3v) is 3.33. The normalized spacial score (nSPS) is 11.9. The molecular weight excluding hydrogens is 278 g/mol. The van der Waals surface area contributed by atoms with Crippen LogP contribution < -0.4 is 10.6 Å². The summed E-state index contributed by atoms with van der Waals surface area (Å²) < 4.78 is 0. The molecule has 0 aliphatic rings. The maximum atomic E-state index is 12.0. The number of amides is 1. The Morgan fingerprint density at radius 1 is 1.14 bits per heavy atom. The van der Waals surface area contributed by atoms with Crippen LogP contribution in [0.1, 0.15) is 24.4 Å².